The van der Waals surface area contributed by atoms with Crippen molar-refractivity contribution in [3.8, 4) is 5.75 Å². The number of halogens is 1. The molecule has 2 rings (SSSR count). The van der Waals surface area contributed by atoms with E-state index in [-0.39, 0.29) is 6.61 Å². The van der Waals surface area contributed by atoms with Gasteiger partial charge in [0.1, 0.15) is 5.75 Å². The van der Waals surface area contributed by atoms with E-state index in [0.29, 0.717) is 11.6 Å². The van der Waals surface area contributed by atoms with Crippen LogP contribution in [-0.2, 0) is 13.0 Å². The zero-order chi connectivity index (χ0) is 13.7. The molecule has 0 heterocycles. The average Bonchev–Trinajstić information content (AvgIpc) is 2.43. The Bertz CT molecular complexity index is 535. The van der Waals surface area contributed by atoms with Gasteiger partial charge in [0.05, 0.1) is 13.2 Å². The first-order valence-corrected chi connectivity index (χ1v) is 6.70. The van der Waals surface area contributed by atoms with Gasteiger partial charge in [-0.05, 0) is 48.2 Å². The van der Waals surface area contributed by atoms with Crippen LogP contribution in [0.1, 0.15) is 23.6 Å². The molecule has 0 saturated carbocycles. The van der Waals surface area contributed by atoms with Crippen LogP contribution in [-0.4, -0.2) is 11.7 Å². The average molecular weight is 277 g/mol. The minimum atomic E-state index is 0.0169. The van der Waals surface area contributed by atoms with E-state index >= 15 is 0 Å². The molecule has 2 nitrogen and oxygen atoms in total. The number of rotatable bonds is 5. The van der Waals surface area contributed by atoms with Crippen molar-refractivity contribution < 1.29 is 9.84 Å². The molecular formula is C16H17ClO2. The maximum Gasteiger partial charge on any atom is 0.119 e. The molecule has 0 aliphatic rings. The van der Waals surface area contributed by atoms with E-state index < -0.39 is 0 Å². The Kier molecular flexibility index (Phi) is 4.83. The lowest BCUT2D eigenvalue weighted by atomic mass is 10.0. The van der Waals surface area contributed by atoms with Crippen LogP contribution in [0.4, 0.5) is 0 Å². The molecule has 2 aromatic carbocycles. The van der Waals surface area contributed by atoms with E-state index in [9.17, 15) is 0 Å². The van der Waals surface area contributed by atoms with Crippen LogP contribution in [0.3, 0.4) is 0 Å². The van der Waals surface area contributed by atoms with Gasteiger partial charge in [0.25, 0.3) is 0 Å². The van der Waals surface area contributed by atoms with E-state index in [4.69, 9.17) is 21.4 Å². The lowest BCUT2D eigenvalue weighted by molar-refractivity contribution is 0.282. The van der Waals surface area contributed by atoms with Crippen LogP contribution in [0.2, 0.25) is 5.02 Å². The van der Waals surface area contributed by atoms with Crippen molar-refractivity contribution in [2.24, 2.45) is 0 Å². The summed E-state index contributed by atoms with van der Waals surface area (Å²) in [7, 11) is 0. The molecule has 0 saturated heterocycles. The van der Waals surface area contributed by atoms with Gasteiger partial charge in [0.2, 0.25) is 0 Å². The predicted octanol–water partition coefficient (Wildman–Crippen LogP) is 3.82. The fourth-order valence-electron chi connectivity index (χ4n) is 1.92. The van der Waals surface area contributed by atoms with Gasteiger partial charge in [-0.3, -0.25) is 0 Å². The Labute approximate surface area is 118 Å². The molecule has 2 aromatic rings. The molecule has 0 amide bonds. The highest BCUT2D eigenvalue weighted by Crippen LogP contribution is 2.22. The fraction of sp³-hybridized carbons (Fsp3) is 0.250. The number of benzene rings is 2. The van der Waals surface area contributed by atoms with Gasteiger partial charge in [-0.25, -0.2) is 0 Å². The third kappa shape index (κ3) is 3.72. The lowest BCUT2D eigenvalue weighted by Crippen LogP contribution is -1.94. The topological polar surface area (TPSA) is 29.5 Å². The first-order valence-electron chi connectivity index (χ1n) is 6.33. The summed E-state index contributed by atoms with van der Waals surface area (Å²) >= 11 is 6.20. The molecule has 0 bridgehead atoms. The Morgan fingerprint density at radius 3 is 2.32 bits per heavy atom. The summed E-state index contributed by atoms with van der Waals surface area (Å²) in [5.41, 5.74) is 3.07. The summed E-state index contributed by atoms with van der Waals surface area (Å²) in [5.74, 6) is 0.882. The molecule has 0 aromatic heterocycles. The second kappa shape index (κ2) is 6.60. The standard InChI is InChI=1S/C16H17ClO2/c1-2-19-15-7-4-12(5-8-15)9-14-6-3-13(11-18)10-16(14)17/h3-8,10,18H,2,9,11H2,1H3. The Morgan fingerprint density at radius 1 is 1.05 bits per heavy atom. The third-order valence-corrected chi connectivity index (χ3v) is 3.28. The maximum absolute atomic E-state index is 9.05. The van der Waals surface area contributed by atoms with Crippen LogP contribution in [0, 0.1) is 0 Å². The Morgan fingerprint density at radius 2 is 1.74 bits per heavy atom. The normalized spacial score (nSPS) is 10.5. The summed E-state index contributed by atoms with van der Waals surface area (Å²) in [6.45, 7) is 2.66. The molecule has 3 heteroatoms. The molecule has 100 valence electrons. The number of hydrogen-bond acceptors (Lipinski definition) is 2. The molecule has 0 fully saturated rings. The second-order valence-electron chi connectivity index (χ2n) is 4.34. The van der Waals surface area contributed by atoms with Gasteiger partial charge in [-0.2, -0.15) is 0 Å². The number of aliphatic hydroxyl groups is 1. The Balaban J connectivity index is 2.12. The smallest absolute Gasteiger partial charge is 0.119 e. The highest BCUT2D eigenvalue weighted by atomic mass is 35.5. The minimum absolute atomic E-state index is 0.0169. The van der Waals surface area contributed by atoms with Gasteiger partial charge >= 0.3 is 0 Å². The molecule has 19 heavy (non-hydrogen) atoms. The van der Waals surface area contributed by atoms with Crippen molar-refractivity contribution in [3.63, 3.8) is 0 Å². The Hall–Kier alpha value is -1.51. The number of aliphatic hydroxyl groups excluding tert-OH is 1. The van der Waals surface area contributed by atoms with Crippen LogP contribution in [0.15, 0.2) is 42.5 Å². The van der Waals surface area contributed by atoms with Crippen molar-refractivity contribution >= 4 is 11.6 Å². The van der Waals surface area contributed by atoms with E-state index in [1.54, 1.807) is 0 Å². The summed E-state index contributed by atoms with van der Waals surface area (Å²) < 4.78 is 5.41. The first kappa shape index (κ1) is 13.9. The predicted molar refractivity (Wildman–Crippen MR) is 77.8 cm³/mol. The molecule has 1 N–H and O–H groups in total. The van der Waals surface area contributed by atoms with Gasteiger partial charge in [0.15, 0.2) is 0 Å². The van der Waals surface area contributed by atoms with Crippen molar-refractivity contribution in [3.05, 3.63) is 64.2 Å². The van der Waals surface area contributed by atoms with E-state index in [1.165, 1.54) is 5.56 Å². The molecule has 0 spiro atoms. The van der Waals surface area contributed by atoms with Crippen LogP contribution >= 0.6 is 11.6 Å². The van der Waals surface area contributed by atoms with Gasteiger partial charge in [0, 0.05) is 5.02 Å². The van der Waals surface area contributed by atoms with Crippen LogP contribution < -0.4 is 4.74 Å². The summed E-state index contributed by atoms with van der Waals surface area (Å²) in [4.78, 5) is 0. The van der Waals surface area contributed by atoms with E-state index in [1.807, 2.05) is 49.4 Å². The van der Waals surface area contributed by atoms with Crippen molar-refractivity contribution in [1.29, 1.82) is 0 Å². The molecule has 0 radical (unpaired) electrons. The van der Waals surface area contributed by atoms with Gasteiger partial charge in [-0.15, -0.1) is 0 Å². The summed E-state index contributed by atoms with van der Waals surface area (Å²) in [6, 6.07) is 13.7. The van der Waals surface area contributed by atoms with Crippen molar-refractivity contribution in [2.45, 2.75) is 20.0 Å². The van der Waals surface area contributed by atoms with Crippen LogP contribution in [0.25, 0.3) is 0 Å². The SMILES string of the molecule is CCOc1ccc(Cc2ccc(CO)cc2Cl)cc1. The lowest BCUT2D eigenvalue weighted by Gasteiger charge is -2.08. The largest absolute Gasteiger partial charge is 0.494 e. The highest BCUT2D eigenvalue weighted by Gasteiger charge is 2.03. The molecule has 0 aliphatic carbocycles. The molecule has 0 atom stereocenters. The zero-order valence-corrected chi connectivity index (χ0v) is 11.7. The van der Waals surface area contributed by atoms with Crippen LogP contribution in [0.5, 0.6) is 5.75 Å². The zero-order valence-electron chi connectivity index (χ0n) is 10.9. The van der Waals surface area contributed by atoms with Crippen molar-refractivity contribution in [1.82, 2.24) is 0 Å². The molecule has 0 aliphatic heterocycles. The molecular weight excluding hydrogens is 260 g/mol. The monoisotopic (exact) mass is 276 g/mol. The number of hydrogen-bond donors (Lipinski definition) is 1. The fourth-order valence-corrected chi connectivity index (χ4v) is 2.19. The summed E-state index contributed by atoms with van der Waals surface area (Å²) in [6.07, 6.45) is 0.775. The van der Waals surface area contributed by atoms with Gasteiger partial charge < -0.3 is 9.84 Å². The summed E-state index contributed by atoms with van der Waals surface area (Å²) in [5, 5.41) is 9.75. The van der Waals surface area contributed by atoms with E-state index in [2.05, 4.69) is 0 Å². The highest BCUT2D eigenvalue weighted by molar-refractivity contribution is 6.31. The number of ether oxygens (including phenoxy) is 1. The van der Waals surface area contributed by atoms with Gasteiger partial charge in [-0.1, -0.05) is 35.9 Å². The minimum Gasteiger partial charge on any atom is -0.494 e. The maximum atomic E-state index is 9.05. The molecule has 0 unspecified atom stereocenters. The quantitative estimate of drug-likeness (QED) is 0.899. The third-order valence-electron chi connectivity index (χ3n) is 2.93. The first-order chi connectivity index (χ1) is 9.22. The van der Waals surface area contributed by atoms with Crippen molar-refractivity contribution in [2.75, 3.05) is 6.61 Å². The second-order valence-corrected chi connectivity index (χ2v) is 4.74. The van der Waals surface area contributed by atoms with E-state index in [0.717, 1.165) is 23.3 Å².